The van der Waals surface area contributed by atoms with E-state index in [9.17, 15) is 4.57 Å². The van der Waals surface area contributed by atoms with E-state index in [1.54, 1.807) is 32.9 Å². The predicted octanol–water partition coefficient (Wildman–Crippen LogP) is 4.80. The van der Waals surface area contributed by atoms with Crippen LogP contribution in [0.4, 0.5) is 0 Å². The number of benzene rings is 1. The molecular weight excluding hydrogens is 275 g/mol. The fraction of sp³-hybridized carbons (Fsp3) is 0.333. The van der Waals surface area contributed by atoms with Crippen molar-refractivity contribution in [1.29, 1.82) is 0 Å². The molecule has 0 amide bonds. The summed E-state index contributed by atoms with van der Waals surface area (Å²) in [6.45, 7) is 5.80. The van der Waals surface area contributed by atoms with E-state index in [1.807, 2.05) is 36.4 Å². The molecule has 0 aliphatic carbocycles. The van der Waals surface area contributed by atoms with Gasteiger partial charge >= 0.3 is 7.82 Å². The van der Waals surface area contributed by atoms with Crippen LogP contribution in [0.25, 0.3) is 6.08 Å². The van der Waals surface area contributed by atoms with E-state index in [1.165, 1.54) is 0 Å². The van der Waals surface area contributed by atoms with Crippen molar-refractivity contribution in [3.63, 3.8) is 0 Å². The van der Waals surface area contributed by atoms with Crippen LogP contribution in [0.1, 0.15) is 26.3 Å². The van der Waals surface area contributed by atoms with Crippen LogP contribution in [0, 0.1) is 0 Å². The van der Waals surface area contributed by atoms with E-state index in [2.05, 4.69) is 0 Å². The Morgan fingerprint density at radius 2 is 1.75 bits per heavy atom. The molecule has 110 valence electrons. The SMILES string of the molecule is C/C=C(\C=C\c1ccccc1)OP(=O)(OCC)OCC. The van der Waals surface area contributed by atoms with Gasteiger partial charge in [-0.1, -0.05) is 36.4 Å². The summed E-state index contributed by atoms with van der Waals surface area (Å²) in [7, 11) is -3.53. The molecule has 0 fully saturated rings. The standard InChI is InChI=1S/C15H21O4P/c1-4-15(13-12-14-10-8-7-9-11-14)19-20(16,17-5-2)18-6-3/h4,7-13H,5-6H2,1-3H3/b13-12+,15-4+. The smallest absolute Gasteiger partial charge is 0.404 e. The fourth-order valence-corrected chi connectivity index (χ4v) is 2.69. The van der Waals surface area contributed by atoms with Crippen LogP contribution >= 0.6 is 7.82 Å². The number of hydrogen-bond donors (Lipinski definition) is 0. The first-order valence-electron chi connectivity index (χ1n) is 6.61. The molecule has 0 radical (unpaired) electrons. The Kier molecular flexibility index (Phi) is 7.31. The van der Waals surface area contributed by atoms with Crippen molar-refractivity contribution in [2.45, 2.75) is 20.8 Å². The number of rotatable bonds is 8. The van der Waals surface area contributed by atoms with Crippen LogP contribution in [0.5, 0.6) is 0 Å². The molecule has 1 aromatic rings. The Bertz CT molecular complexity index is 484. The third kappa shape index (κ3) is 5.74. The summed E-state index contributed by atoms with van der Waals surface area (Å²) in [5.74, 6) is 0.444. The first-order valence-corrected chi connectivity index (χ1v) is 8.07. The van der Waals surface area contributed by atoms with Gasteiger partial charge < -0.3 is 4.52 Å². The minimum atomic E-state index is -3.53. The Balaban J connectivity index is 2.76. The second kappa shape index (κ2) is 8.75. The quantitative estimate of drug-likeness (QED) is 0.392. The lowest BCUT2D eigenvalue weighted by Crippen LogP contribution is -1.99. The minimum absolute atomic E-state index is 0.261. The second-order valence-electron chi connectivity index (χ2n) is 3.81. The number of hydrogen-bond acceptors (Lipinski definition) is 4. The highest BCUT2D eigenvalue weighted by Crippen LogP contribution is 2.51. The van der Waals surface area contributed by atoms with Crippen molar-refractivity contribution in [3.05, 3.63) is 53.8 Å². The lowest BCUT2D eigenvalue weighted by molar-refractivity contribution is 0.148. The lowest BCUT2D eigenvalue weighted by atomic mass is 10.2. The summed E-state index contributed by atoms with van der Waals surface area (Å²) >= 11 is 0. The van der Waals surface area contributed by atoms with Gasteiger partial charge in [0.05, 0.1) is 13.2 Å². The zero-order chi connectivity index (χ0) is 14.8. The minimum Gasteiger partial charge on any atom is -0.404 e. The lowest BCUT2D eigenvalue weighted by Gasteiger charge is -2.17. The topological polar surface area (TPSA) is 44.8 Å². The normalized spacial score (nSPS) is 12.8. The maximum absolute atomic E-state index is 12.3. The maximum atomic E-state index is 12.3. The molecule has 4 nitrogen and oxygen atoms in total. The van der Waals surface area contributed by atoms with Gasteiger partial charge in [0.2, 0.25) is 0 Å². The van der Waals surface area contributed by atoms with Crippen molar-refractivity contribution < 1.29 is 18.1 Å². The van der Waals surface area contributed by atoms with Crippen LogP contribution in [-0.4, -0.2) is 13.2 Å². The Morgan fingerprint density at radius 3 is 2.25 bits per heavy atom. The third-order valence-corrected chi connectivity index (χ3v) is 3.90. The molecule has 5 heteroatoms. The summed E-state index contributed by atoms with van der Waals surface area (Å²) in [6.07, 6.45) is 5.32. The van der Waals surface area contributed by atoms with Gasteiger partial charge in [0.15, 0.2) is 0 Å². The van der Waals surface area contributed by atoms with Crippen molar-refractivity contribution in [1.82, 2.24) is 0 Å². The van der Waals surface area contributed by atoms with Gasteiger partial charge in [-0.3, -0.25) is 9.05 Å². The molecule has 20 heavy (non-hydrogen) atoms. The average molecular weight is 296 g/mol. The van der Waals surface area contributed by atoms with Gasteiger partial charge in [-0.15, -0.1) is 0 Å². The Hall–Kier alpha value is -1.35. The summed E-state index contributed by atoms with van der Waals surface area (Å²) < 4.78 is 27.8. The summed E-state index contributed by atoms with van der Waals surface area (Å²) in [4.78, 5) is 0. The van der Waals surface area contributed by atoms with E-state index >= 15 is 0 Å². The van der Waals surface area contributed by atoms with E-state index in [-0.39, 0.29) is 13.2 Å². The van der Waals surface area contributed by atoms with E-state index in [0.717, 1.165) is 5.56 Å². The highest BCUT2D eigenvalue weighted by molar-refractivity contribution is 7.48. The van der Waals surface area contributed by atoms with Gasteiger partial charge in [0, 0.05) is 0 Å². The van der Waals surface area contributed by atoms with Crippen LogP contribution in [0.15, 0.2) is 48.2 Å². The van der Waals surface area contributed by atoms with Gasteiger partial charge in [0.1, 0.15) is 5.76 Å². The predicted molar refractivity (Wildman–Crippen MR) is 81.2 cm³/mol. The van der Waals surface area contributed by atoms with E-state index in [0.29, 0.717) is 5.76 Å². The molecule has 0 atom stereocenters. The zero-order valence-electron chi connectivity index (χ0n) is 12.1. The van der Waals surface area contributed by atoms with E-state index < -0.39 is 7.82 Å². The molecule has 1 rings (SSSR count). The van der Waals surface area contributed by atoms with Crippen molar-refractivity contribution in [3.8, 4) is 0 Å². The molecular formula is C15H21O4P. The average Bonchev–Trinajstić information content (AvgIpc) is 2.45. The molecule has 0 aliphatic heterocycles. The molecule has 0 spiro atoms. The van der Waals surface area contributed by atoms with Crippen LogP contribution in [0.3, 0.4) is 0 Å². The monoisotopic (exact) mass is 296 g/mol. The molecule has 1 aromatic carbocycles. The molecule has 0 unspecified atom stereocenters. The third-order valence-electron chi connectivity index (χ3n) is 2.32. The largest absolute Gasteiger partial charge is 0.530 e. The van der Waals surface area contributed by atoms with Crippen LogP contribution in [-0.2, 0) is 18.1 Å². The Morgan fingerprint density at radius 1 is 1.15 bits per heavy atom. The fourth-order valence-electron chi connectivity index (χ4n) is 1.46. The molecule has 0 saturated heterocycles. The van der Waals surface area contributed by atoms with Crippen molar-refractivity contribution in [2.24, 2.45) is 0 Å². The summed E-state index contributed by atoms with van der Waals surface area (Å²) in [5, 5.41) is 0. The number of phosphoric acid groups is 1. The molecule has 0 heterocycles. The summed E-state index contributed by atoms with van der Waals surface area (Å²) in [6, 6.07) is 9.77. The zero-order valence-corrected chi connectivity index (χ0v) is 13.0. The van der Waals surface area contributed by atoms with Gasteiger partial charge in [-0.05, 0) is 38.5 Å². The van der Waals surface area contributed by atoms with Crippen molar-refractivity contribution in [2.75, 3.05) is 13.2 Å². The van der Waals surface area contributed by atoms with Gasteiger partial charge in [-0.25, -0.2) is 4.57 Å². The molecule has 0 aliphatic rings. The molecule has 0 N–H and O–H groups in total. The molecule has 0 saturated carbocycles. The number of allylic oxidation sites excluding steroid dienone is 2. The highest BCUT2D eigenvalue weighted by atomic mass is 31.2. The van der Waals surface area contributed by atoms with Crippen LogP contribution in [0.2, 0.25) is 0 Å². The van der Waals surface area contributed by atoms with Crippen molar-refractivity contribution >= 4 is 13.9 Å². The second-order valence-corrected chi connectivity index (χ2v) is 5.40. The van der Waals surface area contributed by atoms with Gasteiger partial charge in [0.25, 0.3) is 0 Å². The van der Waals surface area contributed by atoms with E-state index in [4.69, 9.17) is 13.6 Å². The first kappa shape index (κ1) is 16.7. The highest BCUT2D eigenvalue weighted by Gasteiger charge is 2.27. The van der Waals surface area contributed by atoms with Gasteiger partial charge in [-0.2, -0.15) is 0 Å². The Labute approximate surface area is 120 Å². The summed E-state index contributed by atoms with van der Waals surface area (Å²) in [5.41, 5.74) is 1.03. The molecule has 0 bridgehead atoms. The molecule has 0 aromatic heterocycles. The first-order chi connectivity index (χ1) is 9.63. The van der Waals surface area contributed by atoms with Crippen LogP contribution < -0.4 is 0 Å². The number of phosphoric ester groups is 1. The maximum Gasteiger partial charge on any atom is 0.530 e.